The van der Waals surface area contributed by atoms with Crippen molar-refractivity contribution in [3.05, 3.63) is 11.8 Å². The third-order valence-corrected chi connectivity index (χ3v) is 3.06. The number of rotatable bonds is 8. The Balaban J connectivity index is 2.61. The molecule has 0 saturated carbocycles. The molecule has 0 spiro atoms. The summed E-state index contributed by atoms with van der Waals surface area (Å²) < 4.78 is 5.54. The van der Waals surface area contributed by atoms with Gasteiger partial charge in [0.15, 0.2) is 0 Å². The fourth-order valence-electron chi connectivity index (χ4n) is 1.47. The molecule has 0 aliphatic heterocycles. The van der Waals surface area contributed by atoms with Gasteiger partial charge in [-0.25, -0.2) is 4.98 Å². The Labute approximate surface area is 114 Å². The number of nitrogens with zero attached hydrogens (tertiary/aromatic N) is 2. The van der Waals surface area contributed by atoms with Crippen molar-refractivity contribution in [2.45, 2.75) is 39.7 Å². The Hall–Kier alpha value is -0.970. The van der Waals surface area contributed by atoms with E-state index in [2.05, 4.69) is 35.4 Å². The fourth-order valence-corrected chi connectivity index (χ4v) is 2.06. The number of hydrogen-bond donors (Lipinski definition) is 1. The largest absolute Gasteiger partial charge is 0.478 e. The number of aryl methyl sites for hydroxylation is 1. The predicted molar refractivity (Wildman–Crippen MR) is 78.6 cm³/mol. The van der Waals surface area contributed by atoms with Crippen molar-refractivity contribution >= 4 is 17.7 Å². The average molecular weight is 269 g/mol. The van der Waals surface area contributed by atoms with Crippen LogP contribution >= 0.6 is 11.8 Å². The summed E-state index contributed by atoms with van der Waals surface area (Å²) >= 11 is 1.85. The van der Waals surface area contributed by atoms with E-state index in [4.69, 9.17) is 4.74 Å². The number of aromatic nitrogens is 2. The Morgan fingerprint density at radius 1 is 1.44 bits per heavy atom. The lowest BCUT2D eigenvalue weighted by molar-refractivity contribution is 0.305. The number of ether oxygens (including phenoxy) is 1. The van der Waals surface area contributed by atoms with E-state index in [0.29, 0.717) is 24.5 Å². The lowest BCUT2D eigenvalue weighted by atomic mass is 10.3. The molecule has 1 heterocycles. The standard InChI is InChI=1S/C13H23N3OS/c1-5-7-17-12-9-11(3)15-13(16-12)14-10(2)6-8-18-4/h9-10H,5-8H2,1-4H3,(H,14,15,16). The molecule has 0 bridgehead atoms. The number of thioether (sulfide) groups is 1. The van der Waals surface area contributed by atoms with Gasteiger partial charge in [-0.2, -0.15) is 16.7 Å². The summed E-state index contributed by atoms with van der Waals surface area (Å²) in [5, 5.41) is 3.32. The first kappa shape index (κ1) is 15.1. The van der Waals surface area contributed by atoms with Crippen LogP contribution in [0.1, 0.15) is 32.4 Å². The molecule has 1 N–H and O–H groups in total. The van der Waals surface area contributed by atoms with E-state index in [1.165, 1.54) is 0 Å². The van der Waals surface area contributed by atoms with Gasteiger partial charge in [-0.05, 0) is 38.7 Å². The third-order valence-electron chi connectivity index (χ3n) is 2.42. The maximum Gasteiger partial charge on any atom is 0.226 e. The lowest BCUT2D eigenvalue weighted by Crippen LogP contribution is -2.18. The molecule has 1 atom stereocenters. The summed E-state index contributed by atoms with van der Waals surface area (Å²) in [4.78, 5) is 8.75. The SMILES string of the molecule is CCCOc1cc(C)nc(NC(C)CCSC)n1. The number of anilines is 1. The van der Waals surface area contributed by atoms with Gasteiger partial charge in [-0.1, -0.05) is 6.92 Å². The highest BCUT2D eigenvalue weighted by Gasteiger charge is 2.06. The second-order valence-electron chi connectivity index (χ2n) is 4.35. The maximum absolute atomic E-state index is 5.54. The molecule has 18 heavy (non-hydrogen) atoms. The third kappa shape index (κ3) is 5.58. The maximum atomic E-state index is 5.54. The minimum Gasteiger partial charge on any atom is -0.478 e. The van der Waals surface area contributed by atoms with Gasteiger partial charge in [0.2, 0.25) is 11.8 Å². The van der Waals surface area contributed by atoms with Crippen molar-refractivity contribution in [1.82, 2.24) is 9.97 Å². The molecule has 1 aromatic heterocycles. The lowest BCUT2D eigenvalue weighted by Gasteiger charge is -2.14. The highest BCUT2D eigenvalue weighted by Crippen LogP contribution is 2.14. The first-order valence-electron chi connectivity index (χ1n) is 6.39. The van der Waals surface area contributed by atoms with Crippen molar-refractivity contribution in [2.75, 3.05) is 23.9 Å². The van der Waals surface area contributed by atoms with Crippen LogP contribution in [-0.4, -0.2) is 34.6 Å². The summed E-state index contributed by atoms with van der Waals surface area (Å²) in [6.45, 7) is 6.88. The Morgan fingerprint density at radius 2 is 2.22 bits per heavy atom. The summed E-state index contributed by atoms with van der Waals surface area (Å²) in [5.74, 6) is 2.46. The van der Waals surface area contributed by atoms with E-state index in [1.54, 1.807) is 0 Å². The van der Waals surface area contributed by atoms with Gasteiger partial charge < -0.3 is 10.1 Å². The van der Waals surface area contributed by atoms with Crippen molar-refractivity contribution in [2.24, 2.45) is 0 Å². The molecule has 0 aromatic carbocycles. The smallest absolute Gasteiger partial charge is 0.226 e. The molecule has 5 heteroatoms. The zero-order valence-electron chi connectivity index (χ0n) is 11.7. The zero-order chi connectivity index (χ0) is 13.4. The van der Waals surface area contributed by atoms with Gasteiger partial charge >= 0.3 is 0 Å². The van der Waals surface area contributed by atoms with E-state index in [-0.39, 0.29) is 0 Å². The van der Waals surface area contributed by atoms with Gasteiger partial charge in [0.1, 0.15) is 0 Å². The molecule has 0 amide bonds. The second-order valence-corrected chi connectivity index (χ2v) is 5.33. The summed E-state index contributed by atoms with van der Waals surface area (Å²) in [6, 6.07) is 2.24. The molecule has 0 aliphatic carbocycles. The topological polar surface area (TPSA) is 47.0 Å². The molecule has 102 valence electrons. The molecule has 0 fully saturated rings. The van der Waals surface area contributed by atoms with Crippen LogP contribution in [0.15, 0.2) is 6.07 Å². The molecular formula is C13H23N3OS. The average Bonchev–Trinajstić information content (AvgIpc) is 2.33. The molecule has 0 saturated heterocycles. The van der Waals surface area contributed by atoms with Crippen molar-refractivity contribution in [1.29, 1.82) is 0 Å². The van der Waals surface area contributed by atoms with Gasteiger partial charge in [-0.3, -0.25) is 0 Å². The van der Waals surface area contributed by atoms with Crippen molar-refractivity contribution in [3.63, 3.8) is 0 Å². The highest BCUT2D eigenvalue weighted by molar-refractivity contribution is 7.98. The number of hydrogen-bond acceptors (Lipinski definition) is 5. The van der Waals surface area contributed by atoms with Gasteiger partial charge in [0.05, 0.1) is 6.61 Å². The van der Waals surface area contributed by atoms with Gasteiger partial charge in [0, 0.05) is 17.8 Å². The summed E-state index contributed by atoms with van der Waals surface area (Å²) in [5.41, 5.74) is 0.927. The molecule has 0 radical (unpaired) electrons. The Morgan fingerprint density at radius 3 is 2.89 bits per heavy atom. The van der Waals surface area contributed by atoms with E-state index in [0.717, 1.165) is 24.3 Å². The first-order valence-corrected chi connectivity index (χ1v) is 7.79. The fraction of sp³-hybridized carbons (Fsp3) is 0.692. The van der Waals surface area contributed by atoms with Crippen LogP contribution < -0.4 is 10.1 Å². The van der Waals surface area contributed by atoms with Gasteiger partial charge in [-0.15, -0.1) is 0 Å². The molecule has 1 aromatic rings. The second kappa shape index (κ2) is 8.19. The molecule has 1 unspecified atom stereocenters. The molecule has 4 nitrogen and oxygen atoms in total. The highest BCUT2D eigenvalue weighted by atomic mass is 32.2. The minimum atomic E-state index is 0.373. The first-order chi connectivity index (χ1) is 8.65. The predicted octanol–water partition coefficient (Wildman–Crippen LogP) is 3.13. The van der Waals surface area contributed by atoms with E-state index < -0.39 is 0 Å². The zero-order valence-corrected chi connectivity index (χ0v) is 12.5. The Bertz CT molecular complexity index is 360. The van der Waals surface area contributed by atoms with Crippen LogP contribution in [0.25, 0.3) is 0 Å². The minimum absolute atomic E-state index is 0.373. The normalized spacial score (nSPS) is 12.2. The van der Waals surface area contributed by atoms with Crippen LogP contribution in [0.4, 0.5) is 5.95 Å². The summed E-state index contributed by atoms with van der Waals surface area (Å²) in [6.07, 6.45) is 4.20. The quantitative estimate of drug-likeness (QED) is 0.785. The van der Waals surface area contributed by atoms with Crippen molar-refractivity contribution < 1.29 is 4.74 Å². The van der Waals surface area contributed by atoms with Crippen molar-refractivity contribution in [3.8, 4) is 5.88 Å². The van der Waals surface area contributed by atoms with E-state index in [1.807, 2.05) is 24.8 Å². The van der Waals surface area contributed by atoms with Crippen LogP contribution in [0.2, 0.25) is 0 Å². The van der Waals surface area contributed by atoms with Crippen LogP contribution in [0.3, 0.4) is 0 Å². The van der Waals surface area contributed by atoms with E-state index in [9.17, 15) is 0 Å². The van der Waals surface area contributed by atoms with E-state index >= 15 is 0 Å². The molecule has 1 rings (SSSR count). The molecular weight excluding hydrogens is 246 g/mol. The van der Waals surface area contributed by atoms with Crippen LogP contribution in [0.5, 0.6) is 5.88 Å². The Kier molecular flexibility index (Phi) is 6.86. The monoisotopic (exact) mass is 269 g/mol. The summed E-state index contributed by atoms with van der Waals surface area (Å²) in [7, 11) is 0. The van der Waals surface area contributed by atoms with Gasteiger partial charge in [0.25, 0.3) is 0 Å². The molecule has 0 aliphatic rings. The van der Waals surface area contributed by atoms with Crippen LogP contribution in [-0.2, 0) is 0 Å². The number of nitrogens with one attached hydrogen (secondary N) is 1. The van der Waals surface area contributed by atoms with Crippen LogP contribution in [0, 0.1) is 6.92 Å².